The predicted molar refractivity (Wildman–Crippen MR) is 72.0 cm³/mol. The molecule has 2 nitrogen and oxygen atoms in total. The Hall–Kier alpha value is -0.0800. The Morgan fingerprint density at radius 1 is 1.00 bits per heavy atom. The van der Waals surface area contributed by atoms with E-state index in [1.54, 1.807) is 0 Å². The van der Waals surface area contributed by atoms with Crippen molar-refractivity contribution in [3.8, 4) is 0 Å². The monoisotopic (exact) mass is 239 g/mol. The average molecular weight is 239 g/mol. The minimum absolute atomic E-state index is 0.442. The third-order valence-corrected chi connectivity index (χ3v) is 4.55. The molecule has 0 amide bonds. The van der Waals surface area contributed by atoms with Crippen LogP contribution in [0.2, 0.25) is 0 Å². The van der Waals surface area contributed by atoms with Crippen molar-refractivity contribution < 1.29 is 4.74 Å². The predicted octanol–water partition coefficient (Wildman–Crippen LogP) is 3.63. The topological polar surface area (TPSA) is 35.2 Å². The van der Waals surface area contributed by atoms with E-state index in [0.29, 0.717) is 12.1 Å². The van der Waals surface area contributed by atoms with Crippen LogP contribution in [0.5, 0.6) is 0 Å². The van der Waals surface area contributed by atoms with E-state index < -0.39 is 0 Å². The smallest absolute Gasteiger partial charge is 0.0576 e. The van der Waals surface area contributed by atoms with Crippen LogP contribution in [-0.2, 0) is 4.74 Å². The zero-order chi connectivity index (χ0) is 11.9. The van der Waals surface area contributed by atoms with Crippen LogP contribution in [0.1, 0.15) is 70.6 Å². The van der Waals surface area contributed by atoms with E-state index >= 15 is 0 Å². The molecule has 2 heteroatoms. The molecule has 2 fully saturated rings. The van der Waals surface area contributed by atoms with Gasteiger partial charge in [-0.1, -0.05) is 25.7 Å². The molecular formula is C15H29NO. The molecule has 2 rings (SSSR count). The molecule has 2 aliphatic rings. The minimum Gasteiger partial charge on any atom is -0.378 e. The van der Waals surface area contributed by atoms with Gasteiger partial charge in [-0.2, -0.15) is 0 Å². The van der Waals surface area contributed by atoms with Crippen molar-refractivity contribution in [2.24, 2.45) is 11.7 Å². The van der Waals surface area contributed by atoms with Crippen molar-refractivity contribution in [3.63, 3.8) is 0 Å². The molecular weight excluding hydrogens is 210 g/mol. The molecule has 1 heterocycles. The first-order valence-corrected chi connectivity index (χ1v) is 7.72. The summed E-state index contributed by atoms with van der Waals surface area (Å²) in [5.41, 5.74) is 6.20. The van der Waals surface area contributed by atoms with E-state index in [4.69, 9.17) is 10.5 Å². The molecule has 17 heavy (non-hydrogen) atoms. The standard InChI is InChI=1S/C15H29NO/c16-14(11-10-13-5-1-2-6-13)7-3-8-15-9-4-12-17-15/h13-15H,1-12,16H2. The molecule has 2 atom stereocenters. The van der Waals surface area contributed by atoms with Gasteiger partial charge >= 0.3 is 0 Å². The van der Waals surface area contributed by atoms with E-state index in [0.717, 1.165) is 12.5 Å². The number of rotatable bonds is 7. The summed E-state index contributed by atoms with van der Waals surface area (Å²) in [6, 6.07) is 0.442. The molecule has 100 valence electrons. The highest BCUT2D eigenvalue weighted by Crippen LogP contribution is 2.29. The van der Waals surface area contributed by atoms with Crippen molar-refractivity contribution in [1.82, 2.24) is 0 Å². The molecule has 0 aromatic rings. The van der Waals surface area contributed by atoms with Crippen molar-refractivity contribution in [2.45, 2.75) is 82.8 Å². The summed E-state index contributed by atoms with van der Waals surface area (Å²) in [6.45, 7) is 0.985. The van der Waals surface area contributed by atoms with Crippen LogP contribution in [0.4, 0.5) is 0 Å². The zero-order valence-electron chi connectivity index (χ0n) is 11.2. The summed E-state index contributed by atoms with van der Waals surface area (Å²) in [6.07, 6.45) is 15.2. The third kappa shape index (κ3) is 4.97. The van der Waals surface area contributed by atoms with E-state index in [1.807, 2.05) is 0 Å². The fourth-order valence-corrected chi connectivity index (χ4v) is 3.37. The Bertz CT molecular complexity index is 195. The molecule has 1 saturated heterocycles. The maximum atomic E-state index is 6.20. The van der Waals surface area contributed by atoms with Gasteiger partial charge in [-0.25, -0.2) is 0 Å². The number of nitrogens with two attached hydrogens (primary N) is 1. The second-order valence-corrected chi connectivity index (χ2v) is 6.05. The van der Waals surface area contributed by atoms with Gasteiger partial charge in [0.15, 0.2) is 0 Å². The van der Waals surface area contributed by atoms with Crippen molar-refractivity contribution in [1.29, 1.82) is 0 Å². The molecule has 1 aliphatic carbocycles. The number of hydrogen-bond donors (Lipinski definition) is 1. The van der Waals surface area contributed by atoms with Gasteiger partial charge in [0.2, 0.25) is 0 Å². The van der Waals surface area contributed by atoms with Gasteiger partial charge in [-0.3, -0.25) is 0 Å². The third-order valence-electron chi connectivity index (χ3n) is 4.55. The van der Waals surface area contributed by atoms with E-state index in [2.05, 4.69) is 0 Å². The van der Waals surface area contributed by atoms with Gasteiger partial charge in [0, 0.05) is 12.6 Å². The van der Waals surface area contributed by atoms with Crippen LogP contribution in [0.15, 0.2) is 0 Å². The second kappa shape index (κ2) is 7.38. The summed E-state index contributed by atoms with van der Waals surface area (Å²) in [5, 5.41) is 0. The fraction of sp³-hybridized carbons (Fsp3) is 1.00. The van der Waals surface area contributed by atoms with Gasteiger partial charge in [0.05, 0.1) is 6.10 Å². The number of hydrogen-bond acceptors (Lipinski definition) is 2. The number of ether oxygens (including phenoxy) is 1. The largest absolute Gasteiger partial charge is 0.378 e. The van der Waals surface area contributed by atoms with Crippen molar-refractivity contribution in [3.05, 3.63) is 0 Å². The van der Waals surface area contributed by atoms with E-state index in [-0.39, 0.29) is 0 Å². The molecule has 2 N–H and O–H groups in total. The average Bonchev–Trinajstić information content (AvgIpc) is 2.99. The maximum absolute atomic E-state index is 6.20. The summed E-state index contributed by atoms with van der Waals surface area (Å²) in [4.78, 5) is 0. The van der Waals surface area contributed by atoms with Gasteiger partial charge in [0.25, 0.3) is 0 Å². The van der Waals surface area contributed by atoms with Crippen LogP contribution in [0, 0.1) is 5.92 Å². The first kappa shape index (κ1) is 13.4. The lowest BCUT2D eigenvalue weighted by Crippen LogP contribution is -2.21. The molecule has 1 saturated carbocycles. The lowest BCUT2D eigenvalue weighted by molar-refractivity contribution is 0.101. The fourth-order valence-electron chi connectivity index (χ4n) is 3.37. The Morgan fingerprint density at radius 3 is 2.53 bits per heavy atom. The highest BCUT2D eigenvalue weighted by molar-refractivity contribution is 4.72. The quantitative estimate of drug-likeness (QED) is 0.736. The lowest BCUT2D eigenvalue weighted by Gasteiger charge is -2.15. The normalized spacial score (nSPS) is 27.7. The minimum atomic E-state index is 0.442. The Kier molecular flexibility index (Phi) is 5.79. The summed E-state index contributed by atoms with van der Waals surface area (Å²) >= 11 is 0. The molecule has 1 aliphatic heterocycles. The van der Waals surface area contributed by atoms with Gasteiger partial charge in [-0.05, 0) is 50.9 Å². The molecule has 0 aromatic heterocycles. The first-order chi connectivity index (χ1) is 8.34. The Balaban J connectivity index is 1.46. The Labute approximate surface area is 106 Å². The van der Waals surface area contributed by atoms with Crippen LogP contribution < -0.4 is 5.73 Å². The highest BCUT2D eigenvalue weighted by atomic mass is 16.5. The SMILES string of the molecule is NC(CCCC1CCCO1)CCC1CCCC1. The summed E-state index contributed by atoms with van der Waals surface area (Å²) < 4.78 is 5.64. The first-order valence-electron chi connectivity index (χ1n) is 7.72. The highest BCUT2D eigenvalue weighted by Gasteiger charge is 2.17. The van der Waals surface area contributed by atoms with Crippen LogP contribution in [0.3, 0.4) is 0 Å². The van der Waals surface area contributed by atoms with Crippen LogP contribution in [0.25, 0.3) is 0 Å². The molecule has 0 aromatic carbocycles. The van der Waals surface area contributed by atoms with Crippen LogP contribution >= 0.6 is 0 Å². The molecule has 0 bridgehead atoms. The van der Waals surface area contributed by atoms with Crippen molar-refractivity contribution in [2.75, 3.05) is 6.61 Å². The lowest BCUT2D eigenvalue weighted by atomic mass is 9.96. The molecule has 2 unspecified atom stereocenters. The van der Waals surface area contributed by atoms with Gasteiger partial charge in [-0.15, -0.1) is 0 Å². The molecule has 0 radical (unpaired) electrons. The van der Waals surface area contributed by atoms with Gasteiger partial charge < -0.3 is 10.5 Å². The van der Waals surface area contributed by atoms with E-state index in [9.17, 15) is 0 Å². The van der Waals surface area contributed by atoms with Crippen molar-refractivity contribution >= 4 is 0 Å². The molecule has 0 spiro atoms. The summed E-state index contributed by atoms with van der Waals surface area (Å²) in [5.74, 6) is 0.999. The van der Waals surface area contributed by atoms with Gasteiger partial charge in [0.1, 0.15) is 0 Å². The maximum Gasteiger partial charge on any atom is 0.0576 e. The second-order valence-electron chi connectivity index (χ2n) is 6.05. The van der Waals surface area contributed by atoms with E-state index in [1.165, 1.54) is 70.6 Å². The zero-order valence-corrected chi connectivity index (χ0v) is 11.2. The summed E-state index contributed by atoms with van der Waals surface area (Å²) in [7, 11) is 0. The van der Waals surface area contributed by atoms with Crippen LogP contribution in [-0.4, -0.2) is 18.8 Å². The Morgan fingerprint density at radius 2 is 1.82 bits per heavy atom.